The molecule has 150 valence electrons. The van der Waals surface area contributed by atoms with Gasteiger partial charge in [-0.05, 0) is 56.3 Å². The molecule has 2 amide bonds. The van der Waals surface area contributed by atoms with Crippen LogP contribution in [0.2, 0.25) is 10.0 Å². The fourth-order valence-corrected chi connectivity index (χ4v) is 3.90. The maximum Gasteiger partial charge on any atom is 0.253 e. The Morgan fingerprint density at radius 1 is 1.00 bits per heavy atom. The summed E-state index contributed by atoms with van der Waals surface area (Å²) in [6, 6.07) is 10.1. The van der Waals surface area contributed by atoms with Gasteiger partial charge in [-0.1, -0.05) is 23.2 Å². The Hall–Kier alpha value is -2.09. The van der Waals surface area contributed by atoms with Gasteiger partial charge in [0.05, 0.1) is 21.9 Å². The molecule has 0 fully saturated rings. The molecule has 28 heavy (non-hydrogen) atoms. The topological polar surface area (TPSA) is 92.3 Å². The minimum absolute atomic E-state index is 0.0868. The van der Waals surface area contributed by atoms with Crippen molar-refractivity contribution in [3.05, 3.63) is 58.1 Å². The third-order valence-electron chi connectivity index (χ3n) is 3.69. The van der Waals surface area contributed by atoms with Gasteiger partial charge in [0.2, 0.25) is 5.91 Å². The Bertz CT molecular complexity index is 974. The van der Waals surface area contributed by atoms with Crippen LogP contribution >= 0.6 is 23.2 Å². The number of anilines is 1. The Morgan fingerprint density at radius 3 is 2.21 bits per heavy atom. The van der Waals surface area contributed by atoms with Gasteiger partial charge in [0.15, 0.2) is 9.84 Å². The Balaban J connectivity index is 2.09. The summed E-state index contributed by atoms with van der Waals surface area (Å²) in [5.41, 5.74) is 0.464. The van der Waals surface area contributed by atoms with Crippen LogP contribution in [0.1, 0.15) is 30.6 Å². The molecule has 0 heterocycles. The lowest BCUT2D eigenvalue weighted by Gasteiger charge is -2.14. The number of rotatable bonds is 7. The second-order valence-electron chi connectivity index (χ2n) is 6.39. The Labute approximate surface area is 174 Å². The molecule has 0 atom stereocenters. The molecule has 0 aliphatic carbocycles. The summed E-state index contributed by atoms with van der Waals surface area (Å²) < 4.78 is 24.7. The number of hydrogen-bond acceptors (Lipinski definition) is 4. The van der Waals surface area contributed by atoms with E-state index in [1.54, 1.807) is 0 Å². The average molecular weight is 443 g/mol. The second-order valence-corrected chi connectivity index (χ2v) is 9.37. The average Bonchev–Trinajstić information content (AvgIpc) is 2.60. The molecule has 2 rings (SSSR count). The summed E-state index contributed by atoms with van der Waals surface area (Å²) >= 11 is 11.7. The first-order valence-electron chi connectivity index (χ1n) is 8.47. The van der Waals surface area contributed by atoms with Gasteiger partial charge in [0.25, 0.3) is 5.91 Å². The molecule has 0 unspecified atom stereocenters. The molecule has 9 heteroatoms. The van der Waals surface area contributed by atoms with Gasteiger partial charge in [0.1, 0.15) is 0 Å². The van der Waals surface area contributed by atoms with Crippen molar-refractivity contribution in [3.8, 4) is 0 Å². The molecule has 0 aromatic heterocycles. The summed E-state index contributed by atoms with van der Waals surface area (Å²) in [4.78, 5) is 24.7. The highest BCUT2D eigenvalue weighted by molar-refractivity contribution is 7.91. The van der Waals surface area contributed by atoms with Crippen molar-refractivity contribution >= 4 is 50.5 Å². The summed E-state index contributed by atoms with van der Waals surface area (Å²) in [5, 5.41) is 6.06. The van der Waals surface area contributed by atoms with Crippen LogP contribution in [-0.2, 0) is 14.6 Å². The summed E-state index contributed by atoms with van der Waals surface area (Å²) in [5.74, 6) is -1.29. The number of carbonyl (C=O) groups is 2. The van der Waals surface area contributed by atoms with E-state index in [0.717, 1.165) is 0 Å². The number of amides is 2. The van der Waals surface area contributed by atoms with Gasteiger partial charge >= 0.3 is 0 Å². The fourth-order valence-electron chi connectivity index (χ4n) is 2.36. The maximum atomic E-state index is 12.3. The number of halogens is 2. The van der Waals surface area contributed by atoms with Gasteiger partial charge in [-0.15, -0.1) is 0 Å². The van der Waals surface area contributed by atoms with Crippen LogP contribution in [-0.4, -0.2) is 32.0 Å². The number of benzene rings is 2. The third-order valence-corrected chi connectivity index (χ3v) is 5.91. The van der Waals surface area contributed by atoms with Crippen LogP contribution in [0.3, 0.4) is 0 Å². The first kappa shape index (κ1) is 22.2. The lowest BCUT2D eigenvalue weighted by atomic mass is 10.1. The molecular weight excluding hydrogens is 423 g/mol. The number of sulfone groups is 1. The van der Waals surface area contributed by atoms with Gasteiger partial charge < -0.3 is 10.6 Å². The van der Waals surface area contributed by atoms with Crippen LogP contribution in [0.15, 0.2) is 47.4 Å². The molecule has 0 spiro atoms. The highest BCUT2D eigenvalue weighted by atomic mass is 35.5. The van der Waals surface area contributed by atoms with Crippen molar-refractivity contribution in [3.63, 3.8) is 0 Å². The van der Waals surface area contributed by atoms with Crippen molar-refractivity contribution in [2.45, 2.75) is 31.2 Å². The van der Waals surface area contributed by atoms with Crippen molar-refractivity contribution in [1.82, 2.24) is 5.32 Å². The minimum atomic E-state index is -3.64. The zero-order valence-electron chi connectivity index (χ0n) is 15.3. The number of carbonyl (C=O) groups excluding carboxylic acids is 2. The van der Waals surface area contributed by atoms with Crippen LogP contribution in [0, 0.1) is 0 Å². The normalized spacial score (nSPS) is 11.3. The zero-order valence-corrected chi connectivity index (χ0v) is 17.7. The molecule has 2 aromatic carbocycles. The molecule has 0 aliphatic rings. The lowest BCUT2D eigenvalue weighted by Crippen LogP contribution is -2.31. The standard InChI is InChI=1S/C19H20Cl2N2O4S/c1-12(2)22-19(25)16-8-5-14(21)11-17(16)23-18(24)9-10-28(26,27)15-6-3-13(20)4-7-15/h3-8,11-12H,9-10H2,1-2H3,(H,22,25)(H,23,24). The van der Waals surface area contributed by atoms with Crippen LogP contribution in [0.4, 0.5) is 5.69 Å². The maximum absolute atomic E-state index is 12.3. The quantitative estimate of drug-likeness (QED) is 0.678. The van der Waals surface area contributed by atoms with E-state index in [1.165, 1.54) is 42.5 Å². The van der Waals surface area contributed by atoms with E-state index in [2.05, 4.69) is 10.6 Å². The van der Waals surface area contributed by atoms with Crippen molar-refractivity contribution < 1.29 is 18.0 Å². The van der Waals surface area contributed by atoms with E-state index in [0.29, 0.717) is 10.0 Å². The summed E-state index contributed by atoms with van der Waals surface area (Å²) in [7, 11) is -3.64. The van der Waals surface area contributed by atoms with E-state index in [4.69, 9.17) is 23.2 Å². The highest BCUT2D eigenvalue weighted by Gasteiger charge is 2.19. The summed E-state index contributed by atoms with van der Waals surface area (Å²) in [6.45, 7) is 3.63. The first-order valence-corrected chi connectivity index (χ1v) is 10.9. The predicted octanol–water partition coefficient (Wildman–Crippen LogP) is 3.93. The van der Waals surface area contributed by atoms with E-state index in [-0.39, 0.29) is 40.3 Å². The minimum Gasteiger partial charge on any atom is -0.350 e. The first-order chi connectivity index (χ1) is 13.1. The molecular formula is C19H20Cl2N2O4S. The Kier molecular flexibility index (Phi) is 7.46. The molecule has 6 nitrogen and oxygen atoms in total. The van der Waals surface area contributed by atoms with Crippen LogP contribution < -0.4 is 10.6 Å². The number of hydrogen-bond donors (Lipinski definition) is 2. The van der Waals surface area contributed by atoms with Gasteiger partial charge in [0, 0.05) is 22.5 Å². The Morgan fingerprint density at radius 2 is 1.61 bits per heavy atom. The van der Waals surface area contributed by atoms with Crippen LogP contribution in [0.25, 0.3) is 0 Å². The number of nitrogens with one attached hydrogen (secondary N) is 2. The molecule has 0 saturated carbocycles. The molecule has 2 N–H and O–H groups in total. The van der Waals surface area contributed by atoms with E-state index >= 15 is 0 Å². The molecule has 0 aliphatic heterocycles. The largest absolute Gasteiger partial charge is 0.350 e. The smallest absolute Gasteiger partial charge is 0.253 e. The fraction of sp³-hybridized carbons (Fsp3) is 0.263. The van der Waals surface area contributed by atoms with Crippen molar-refractivity contribution in [2.75, 3.05) is 11.1 Å². The molecule has 0 radical (unpaired) electrons. The summed E-state index contributed by atoms with van der Waals surface area (Å²) in [6.07, 6.45) is -0.275. The lowest BCUT2D eigenvalue weighted by molar-refractivity contribution is -0.115. The second kappa shape index (κ2) is 9.41. The van der Waals surface area contributed by atoms with E-state index in [1.807, 2.05) is 13.8 Å². The molecule has 2 aromatic rings. The van der Waals surface area contributed by atoms with Gasteiger partial charge in [-0.2, -0.15) is 0 Å². The van der Waals surface area contributed by atoms with E-state index in [9.17, 15) is 18.0 Å². The van der Waals surface area contributed by atoms with E-state index < -0.39 is 15.7 Å². The zero-order chi connectivity index (χ0) is 20.9. The highest BCUT2D eigenvalue weighted by Crippen LogP contribution is 2.22. The molecule has 0 saturated heterocycles. The van der Waals surface area contributed by atoms with Crippen molar-refractivity contribution in [2.24, 2.45) is 0 Å². The van der Waals surface area contributed by atoms with Gasteiger partial charge in [-0.3, -0.25) is 9.59 Å². The monoisotopic (exact) mass is 442 g/mol. The molecule has 0 bridgehead atoms. The van der Waals surface area contributed by atoms with Crippen molar-refractivity contribution in [1.29, 1.82) is 0 Å². The predicted molar refractivity (Wildman–Crippen MR) is 111 cm³/mol. The van der Waals surface area contributed by atoms with Gasteiger partial charge in [-0.25, -0.2) is 8.42 Å². The third kappa shape index (κ3) is 6.22. The SMILES string of the molecule is CC(C)NC(=O)c1ccc(Cl)cc1NC(=O)CCS(=O)(=O)c1ccc(Cl)cc1. The van der Waals surface area contributed by atoms with Crippen LogP contribution in [0.5, 0.6) is 0 Å².